The van der Waals surface area contributed by atoms with Gasteiger partial charge in [-0.15, -0.1) is 0 Å². The molecule has 11 heteroatoms. The Morgan fingerprint density at radius 1 is 1.41 bits per heavy atom. The molecule has 2 aliphatic rings. The number of ether oxygens (including phenoxy) is 1. The van der Waals surface area contributed by atoms with Gasteiger partial charge in [0, 0.05) is 0 Å². The zero-order chi connectivity index (χ0) is 20.6. The van der Waals surface area contributed by atoms with Gasteiger partial charge in [0.2, 0.25) is 5.82 Å². The predicted molar refractivity (Wildman–Crippen MR) is 93.1 cm³/mol. The highest BCUT2D eigenvalue weighted by Crippen LogP contribution is 2.67. The third kappa shape index (κ3) is 2.52. The molecule has 2 heterocycles. The van der Waals surface area contributed by atoms with E-state index in [1.165, 1.54) is 0 Å². The third-order valence-corrected chi connectivity index (χ3v) is 10.5. The van der Waals surface area contributed by atoms with Gasteiger partial charge < -0.3 is 19.4 Å². The maximum atomic E-state index is 15.5. The largest absolute Gasteiger partial charge is 0.403 e. The van der Waals surface area contributed by atoms with Gasteiger partial charge in [-0.2, -0.15) is 4.39 Å². The second-order valence-corrected chi connectivity index (χ2v) is 13.4. The van der Waals surface area contributed by atoms with Crippen molar-refractivity contribution in [2.45, 2.75) is 68.6 Å². The number of nitrogens with one attached hydrogen (secondary N) is 1. The summed E-state index contributed by atoms with van der Waals surface area (Å²) in [6.45, 7) is 8.72. The first-order valence-electron chi connectivity index (χ1n) is 8.57. The Kier molecular flexibility index (Phi) is 4.37. The van der Waals surface area contributed by atoms with Gasteiger partial charge in [0.05, 0.1) is 12.8 Å². The summed E-state index contributed by atoms with van der Waals surface area (Å²) in [6, 6.07) is 0. The normalized spacial score (nSPS) is 36.0. The molecule has 152 valence electrons. The highest BCUT2D eigenvalue weighted by molar-refractivity contribution is 6.74. The van der Waals surface area contributed by atoms with Crippen molar-refractivity contribution < 1.29 is 28.2 Å². The summed E-state index contributed by atoms with van der Waals surface area (Å²) < 4.78 is 41.3. The lowest BCUT2D eigenvalue weighted by atomic mass is 10.1. The number of halogens is 2. The molecule has 27 heavy (non-hydrogen) atoms. The lowest BCUT2D eigenvalue weighted by Crippen LogP contribution is -2.51. The van der Waals surface area contributed by atoms with Crippen molar-refractivity contribution >= 4 is 8.32 Å². The number of hydrogen-bond acceptors (Lipinski definition) is 6. The SMILES string of the molecule is CC(C)(C)[Si](C)(C)OC12C(O)[C@]1(CO)O[C@@H](n1cc(F)c(=O)[nH]c1=O)[C@H]2F. The quantitative estimate of drug-likeness (QED) is 0.624. The highest BCUT2D eigenvalue weighted by atomic mass is 28.4. The lowest BCUT2D eigenvalue weighted by molar-refractivity contribution is -0.107. The standard InChI is InChI=1S/C16H24F2N2O6Si/c1-14(2,3)27(4,5)26-16-9(18)11(25-15(16,7-21)12(16)23)20-6-8(17)10(22)19-13(20)24/h6,9,11-12,21,23H,7H2,1-5H3,(H,19,22,24)/t9-,11-,12?,15+,16?/m1/s1. The minimum atomic E-state index is -2.62. The Labute approximate surface area is 154 Å². The van der Waals surface area contributed by atoms with E-state index in [4.69, 9.17) is 9.16 Å². The van der Waals surface area contributed by atoms with Crippen molar-refractivity contribution in [3.8, 4) is 0 Å². The monoisotopic (exact) mass is 406 g/mol. The Morgan fingerprint density at radius 3 is 2.52 bits per heavy atom. The number of aliphatic hydroxyl groups excluding tert-OH is 2. The molecule has 5 atom stereocenters. The summed E-state index contributed by atoms with van der Waals surface area (Å²) in [7, 11) is -2.62. The topological polar surface area (TPSA) is 114 Å². The van der Waals surface area contributed by atoms with E-state index in [0.717, 1.165) is 0 Å². The molecule has 1 saturated heterocycles. The van der Waals surface area contributed by atoms with Gasteiger partial charge in [0.25, 0.3) is 5.56 Å². The Balaban J connectivity index is 2.05. The van der Waals surface area contributed by atoms with Crippen molar-refractivity contribution in [2.75, 3.05) is 6.61 Å². The molecular formula is C16H24F2N2O6Si. The van der Waals surface area contributed by atoms with Crippen LogP contribution < -0.4 is 11.2 Å². The van der Waals surface area contributed by atoms with Crippen molar-refractivity contribution in [1.29, 1.82) is 0 Å². The number of hydrogen-bond donors (Lipinski definition) is 3. The zero-order valence-electron chi connectivity index (χ0n) is 15.7. The fourth-order valence-corrected chi connectivity index (χ4v) is 4.93. The number of fused-ring (bicyclic) bond motifs is 1. The van der Waals surface area contributed by atoms with E-state index in [2.05, 4.69) is 0 Å². The number of alkyl halides is 1. The van der Waals surface area contributed by atoms with Crippen LogP contribution in [-0.4, -0.2) is 58.2 Å². The molecule has 1 aliphatic heterocycles. The number of aromatic nitrogens is 2. The molecule has 1 aromatic heterocycles. The Morgan fingerprint density at radius 2 is 2.00 bits per heavy atom. The van der Waals surface area contributed by atoms with Crippen LogP contribution in [0, 0.1) is 5.82 Å². The predicted octanol–water partition coefficient (Wildman–Crippen LogP) is 0.409. The fourth-order valence-electron chi connectivity index (χ4n) is 3.38. The average Bonchev–Trinajstić information content (AvgIpc) is 2.92. The number of H-pyrrole nitrogens is 1. The van der Waals surface area contributed by atoms with Crippen LogP contribution in [0.5, 0.6) is 0 Å². The van der Waals surface area contributed by atoms with Crippen molar-refractivity contribution in [3.63, 3.8) is 0 Å². The van der Waals surface area contributed by atoms with E-state index in [-0.39, 0.29) is 5.04 Å². The fraction of sp³-hybridized carbons (Fsp3) is 0.750. The summed E-state index contributed by atoms with van der Waals surface area (Å²) >= 11 is 0. The van der Waals surface area contributed by atoms with Gasteiger partial charge in [-0.05, 0) is 18.1 Å². The van der Waals surface area contributed by atoms with Gasteiger partial charge in [-0.1, -0.05) is 20.8 Å². The van der Waals surface area contributed by atoms with E-state index >= 15 is 4.39 Å². The molecule has 1 saturated carbocycles. The summed E-state index contributed by atoms with van der Waals surface area (Å²) in [5, 5.41) is 19.9. The van der Waals surface area contributed by atoms with E-state index < -0.39 is 61.7 Å². The number of rotatable bonds is 4. The molecule has 2 unspecified atom stereocenters. The van der Waals surface area contributed by atoms with Gasteiger partial charge in [0.15, 0.2) is 31.9 Å². The lowest BCUT2D eigenvalue weighted by Gasteiger charge is -2.40. The van der Waals surface area contributed by atoms with Crippen LogP contribution in [0.1, 0.15) is 27.0 Å². The molecule has 2 fully saturated rings. The molecular weight excluding hydrogens is 382 g/mol. The van der Waals surface area contributed by atoms with Crippen LogP contribution in [0.15, 0.2) is 15.8 Å². The summed E-state index contributed by atoms with van der Waals surface area (Å²) in [5.74, 6) is -1.29. The smallest absolute Gasteiger partial charge is 0.330 e. The van der Waals surface area contributed by atoms with E-state index in [9.17, 15) is 24.2 Å². The van der Waals surface area contributed by atoms with E-state index in [1.54, 1.807) is 4.98 Å². The second-order valence-electron chi connectivity index (χ2n) is 8.66. The highest BCUT2D eigenvalue weighted by Gasteiger charge is 2.90. The Bertz CT molecular complexity index is 881. The molecule has 1 aromatic rings. The van der Waals surface area contributed by atoms with Crippen LogP contribution in [0.25, 0.3) is 0 Å². The maximum absolute atomic E-state index is 15.5. The van der Waals surface area contributed by atoms with E-state index in [0.29, 0.717) is 10.8 Å². The second kappa shape index (κ2) is 5.80. The van der Waals surface area contributed by atoms with Gasteiger partial charge >= 0.3 is 5.69 Å². The minimum Gasteiger partial charge on any atom is -0.403 e. The first-order valence-corrected chi connectivity index (χ1v) is 11.5. The van der Waals surface area contributed by atoms with Gasteiger partial charge in [0.1, 0.15) is 6.10 Å². The van der Waals surface area contributed by atoms with Gasteiger partial charge in [-0.25, -0.2) is 9.18 Å². The first kappa shape index (κ1) is 20.3. The summed E-state index contributed by atoms with van der Waals surface area (Å²) in [5.41, 5.74) is -5.94. The minimum absolute atomic E-state index is 0.329. The third-order valence-electron chi connectivity index (χ3n) is 6.08. The van der Waals surface area contributed by atoms with Crippen LogP contribution in [0.3, 0.4) is 0 Å². The van der Waals surface area contributed by atoms with Crippen LogP contribution in [-0.2, 0) is 9.16 Å². The number of aromatic amines is 1. The van der Waals surface area contributed by atoms with E-state index in [1.807, 2.05) is 33.9 Å². The van der Waals surface area contributed by atoms with Crippen LogP contribution >= 0.6 is 0 Å². The van der Waals surface area contributed by atoms with Crippen LogP contribution in [0.2, 0.25) is 18.1 Å². The zero-order valence-corrected chi connectivity index (χ0v) is 16.7. The molecule has 0 aromatic carbocycles. The Hall–Kier alpha value is -1.40. The molecule has 0 bridgehead atoms. The molecule has 0 spiro atoms. The molecule has 0 amide bonds. The maximum Gasteiger partial charge on any atom is 0.330 e. The van der Waals surface area contributed by atoms with Gasteiger partial charge in [-0.3, -0.25) is 14.3 Å². The molecule has 3 N–H and O–H groups in total. The van der Waals surface area contributed by atoms with Crippen molar-refractivity contribution in [1.82, 2.24) is 9.55 Å². The first-order chi connectivity index (χ1) is 12.2. The average molecular weight is 406 g/mol. The number of nitrogens with zero attached hydrogens (tertiary/aromatic N) is 1. The summed E-state index contributed by atoms with van der Waals surface area (Å²) in [4.78, 5) is 25.0. The van der Waals surface area contributed by atoms with Crippen molar-refractivity contribution in [2.24, 2.45) is 0 Å². The summed E-state index contributed by atoms with van der Waals surface area (Å²) in [6.07, 6.45) is -4.64. The molecule has 1 aliphatic carbocycles. The molecule has 0 radical (unpaired) electrons. The number of aliphatic hydroxyl groups is 2. The molecule has 3 rings (SSSR count). The molecule has 8 nitrogen and oxygen atoms in total. The van der Waals surface area contributed by atoms with Crippen molar-refractivity contribution in [3.05, 3.63) is 32.9 Å². The van der Waals surface area contributed by atoms with Crippen LogP contribution in [0.4, 0.5) is 8.78 Å².